The number of piperidine rings is 2. The van der Waals surface area contributed by atoms with Gasteiger partial charge in [-0.25, -0.2) is 8.42 Å². The van der Waals surface area contributed by atoms with Crippen molar-refractivity contribution in [3.63, 3.8) is 0 Å². The summed E-state index contributed by atoms with van der Waals surface area (Å²) in [6.07, 6.45) is 3.06. The molecule has 0 aliphatic carbocycles. The Balaban J connectivity index is 1.45. The van der Waals surface area contributed by atoms with E-state index >= 15 is 0 Å². The first kappa shape index (κ1) is 24.8. The van der Waals surface area contributed by atoms with Crippen molar-refractivity contribution in [2.24, 2.45) is 0 Å². The molecule has 0 saturated carbocycles. The molecule has 0 bridgehead atoms. The third-order valence-corrected chi connectivity index (χ3v) is 8.72. The average molecular weight is 507 g/mol. The van der Waals surface area contributed by atoms with Gasteiger partial charge in [0.2, 0.25) is 10.0 Å². The number of sulfonamides is 1. The fraction of sp³-hybridized carbons (Fsp3) is 0.522. The van der Waals surface area contributed by atoms with E-state index in [0.29, 0.717) is 44.3 Å². The minimum Gasteiger partial charge on any atom is -0.393 e. The van der Waals surface area contributed by atoms with Gasteiger partial charge in [0.05, 0.1) is 6.10 Å². The Kier molecular flexibility index (Phi) is 6.83. The van der Waals surface area contributed by atoms with Gasteiger partial charge in [-0.15, -0.1) is 0 Å². The second-order valence-electron chi connectivity index (χ2n) is 9.28. The molecule has 3 fully saturated rings. The number of nitrogens with zero attached hydrogens (tertiary/aromatic N) is 2. The Morgan fingerprint density at radius 3 is 2.26 bits per heavy atom. The Morgan fingerprint density at radius 1 is 1.15 bits per heavy atom. The molecule has 1 aromatic rings. The van der Waals surface area contributed by atoms with Gasteiger partial charge < -0.3 is 20.6 Å². The molecule has 9 nitrogen and oxygen atoms in total. The number of rotatable bonds is 4. The first-order chi connectivity index (χ1) is 16.0. The Morgan fingerprint density at radius 2 is 1.74 bits per heavy atom. The SMILES string of the molecule is Cc1cc(C(=O)N2CCC(O)CC2)cc(C)c1C=CS(=O)(=O)N1CCC2(CC1)NC(=S)NC2=O. The zero-order chi connectivity index (χ0) is 24.7. The second-order valence-corrected chi connectivity index (χ2v) is 11.5. The Hall–Kier alpha value is -2.34. The third-order valence-electron chi connectivity index (χ3n) is 6.95. The minimum absolute atomic E-state index is 0.0764. The normalized spacial score (nSPS) is 21.8. The number of aliphatic hydroxyl groups is 1. The summed E-state index contributed by atoms with van der Waals surface area (Å²) >= 11 is 5.02. The second kappa shape index (κ2) is 9.37. The number of hydrogen-bond acceptors (Lipinski definition) is 6. The number of nitrogens with one attached hydrogen (secondary N) is 2. The largest absolute Gasteiger partial charge is 0.393 e. The summed E-state index contributed by atoms with van der Waals surface area (Å²) in [7, 11) is -3.68. The highest BCUT2D eigenvalue weighted by Gasteiger charge is 2.47. The summed E-state index contributed by atoms with van der Waals surface area (Å²) in [6, 6.07) is 3.56. The van der Waals surface area contributed by atoms with Crippen LogP contribution in [0.25, 0.3) is 6.08 Å². The molecule has 4 rings (SSSR count). The highest BCUT2D eigenvalue weighted by Crippen LogP contribution is 2.28. The number of amides is 2. The van der Waals surface area contributed by atoms with E-state index in [2.05, 4.69) is 10.6 Å². The smallest absolute Gasteiger partial charge is 0.253 e. The molecule has 3 heterocycles. The highest BCUT2D eigenvalue weighted by molar-refractivity contribution is 7.92. The average Bonchev–Trinajstić information content (AvgIpc) is 3.05. The van der Waals surface area contributed by atoms with Crippen LogP contribution in [0.4, 0.5) is 0 Å². The summed E-state index contributed by atoms with van der Waals surface area (Å²) in [5, 5.41) is 16.7. The quantitative estimate of drug-likeness (QED) is 0.522. The number of hydrogen-bond donors (Lipinski definition) is 3. The summed E-state index contributed by atoms with van der Waals surface area (Å²) in [4.78, 5) is 26.8. The van der Waals surface area contributed by atoms with Gasteiger partial charge in [0.15, 0.2) is 5.11 Å². The van der Waals surface area contributed by atoms with E-state index in [9.17, 15) is 23.1 Å². The number of carbonyl (C=O) groups excluding carboxylic acids is 2. The third kappa shape index (κ3) is 4.88. The molecule has 1 aromatic carbocycles. The van der Waals surface area contributed by atoms with Gasteiger partial charge in [-0.1, -0.05) is 0 Å². The zero-order valence-corrected chi connectivity index (χ0v) is 21.0. The first-order valence-corrected chi connectivity index (χ1v) is 13.3. The van der Waals surface area contributed by atoms with E-state index in [4.69, 9.17) is 12.2 Å². The molecule has 3 N–H and O–H groups in total. The van der Waals surface area contributed by atoms with E-state index in [0.717, 1.165) is 16.7 Å². The molecule has 0 radical (unpaired) electrons. The van der Waals surface area contributed by atoms with Crippen LogP contribution in [0.3, 0.4) is 0 Å². The van der Waals surface area contributed by atoms with Crippen molar-refractivity contribution < 1.29 is 23.1 Å². The zero-order valence-electron chi connectivity index (χ0n) is 19.3. The fourth-order valence-electron chi connectivity index (χ4n) is 4.86. The van der Waals surface area contributed by atoms with E-state index < -0.39 is 15.6 Å². The van der Waals surface area contributed by atoms with Gasteiger partial charge in [-0.05, 0) is 86.6 Å². The van der Waals surface area contributed by atoms with E-state index in [1.165, 1.54) is 9.71 Å². The number of aliphatic hydroxyl groups excluding tert-OH is 1. The molecule has 0 atom stereocenters. The summed E-state index contributed by atoms with van der Waals surface area (Å²) in [5.74, 6) is -0.278. The van der Waals surface area contributed by atoms with Crippen LogP contribution >= 0.6 is 12.2 Å². The van der Waals surface area contributed by atoms with Crippen LogP contribution in [0.5, 0.6) is 0 Å². The van der Waals surface area contributed by atoms with Crippen molar-refractivity contribution in [2.45, 2.75) is 51.2 Å². The molecule has 34 heavy (non-hydrogen) atoms. The van der Waals surface area contributed by atoms with Crippen molar-refractivity contribution in [3.8, 4) is 0 Å². The molecule has 184 valence electrons. The van der Waals surface area contributed by atoms with Crippen LogP contribution in [0, 0.1) is 13.8 Å². The maximum absolute atomic E-state index is 13.0. The molecular formula is C23H30N4O5S2. The number of carbonyl (C=O) groups is 2. The monoisotopic (exact) mass is 506 g/mol. The Labute approximate surface area is 205 Å². The maximum Gasteiger partial charge on any atom is 0.253 e. The molecule has 0 aromatic heterocycles. The number of thiocarbonyl (C=S) groups is 1. The van der Waals surface area contributed by atoms with Crippen LogP contribution < -0.4 is 10.6 Å². The summed E-state index contributed by atoms with van der Waals surface area (Å²) in [5.41, 5.74) is 2.11. The van der Waals surface area contributed by atoms with Gasteiger partial charge in [-0.3, -0.25) is 9.59 Å². The number of likely N-dealkylation sites (tertiary alicyclic amines) is 1. The van der Waals surface area contributed by atoms with Crippen LogP contribution in [0.15, 0.2) is 17.5 Å². The molecular weight excluding hydrogens is 476 g/mol. The number of aryl methyl sites for hydroxylation is 2. The van der Waals surface area contributed by atoms with Gasteiger partial charge in [-0.2, -0.15) is 4.31 Å². The van der Waals surface area contributed by atoms with Gasteiger partial charge >= 0.3 is 0 Å². The van der Waals surface area contributed by atoms with Crippen molar-refractivity contribution in [2.75, 3.05) is 26.2 Å². The van der Waals surface area contributed by atoms with Crippen molar-refractivity contribution >= 4 is 45.2 Å². The molecule has 1 spiro atoms. The standard InChI is InChI=1S/C23H30N4O5S2/c1-15-13-17(20(29)26-8-3-18(28)4-9-26)14-16(2)19(15)5-12-34(31,32)27-10-6-23(7-11-27)21(30)24-22(33)25-23/h5,12-14,18,28H,3-4,6-11H2,1-2H3,(H2,24,25,30,33). The summed E-state index contributed by atoms with van der Waals surface area (Å²) in [6.45, 7) is 5.19. The van der Waals surface area contributed by atoms with Crippen LogP contribution in [0.1, 0.15) is 52.7 Å². The topological polar surface area (TPSA) is 119 Å². The predicted molar refractivity (Wildman–Crippen MR) is 132 cm³/mol. The molecule has 3 saturated heterocycles. The molecule has 3 aliphatic rings. The lowest BCUT2D eigenvalue weighted by molar-refractivity contribution is -0.125. The summed E-state index contributed by atoms with van der Waals surface area (Å²) < 4.78 is 27.3. The van der Waals surface area contributed by atoms with Gasteiger partial charge in [0.1, 0.15) is 5.54 Å². The first-order valence-electron chi connectivity index (χ1n) is 11.4. The predicted octanol–water partition coefficient (Wildman–Crippen LogP) is 1.04. The number of benzene rings is 1. The lowest BCUT2D eigenvalue weighted by Gasteiger charge is -2.36. The van der Waals surface area contributed by atoms with Gasteiger partial charge in [0, 0.05) is 37.2 Å². The molecule has 3 aliphatic heterocycles. The van der Waals surface area contributed by atoms with Crippen LogP contribution in [-0.2, 0) is 14.8 Å². The van der Waals surface area contributed by atoms with E-state index in [-0.39, 0.29) is 36.1 Å². The molecule has 2 amide bonds. The molecule has 11 heteroatoms. The van der Waals surface area contributed by atoms with Crippen molar-refractivity contribution in [1.29, 1.82) is 0 Å². The fourth-order valence-corrected chi connectivity index (χ4v) is 6.32. The lowest BCUT2D eigenvalue weighted by Crippen LogP contribution is -2.55. The van der Waals surface area contributed by atoms with Crippen molar-refractivity contribution in [1.82, 2.24) is 19.8 Å². The van der Waals surface area contributed by atoms with Crippen LogP contribution in [-0.4, -0.2) is 77.5 Å². The maximum atomic E-state index is 13.0. The lowest BCUT2D eigenvalue weighted by atomic mass is 9.89. The van der Waals surface area contributed by atoms with Gasteiger partial charge in [0.25, 0.3) is 11.8 Å². The Bertz CT molecular complexity index is 1120. The molecule has 0 unspecified atom stereocenters. The minimum atomic E-state index is -3.68. The van der Waals surface area contributed by atoms with Crippen LogP contribution in [0.2, 0.25) is 0 Å². The van der Waals surface area contributed by atoms with Crippen molar-refractivity contribution in [3.05, 3.63) is 39.8 Å². The van der Waals surface area contributed by atoms with E-state index in [1.54, 1.807) is 23.1 Å². The highest BCUT2D eigenvalue weighted by atomic mass is 32.2. The van der Waals surface area contributed by atoms with E-state index in [1.807, 2.05) is 13.8 Å².